The lowest BCUT2D eigenvalue weighted by Crippen LogP contribution is -2.35. The maximum atomic E-state index is 5.44. The van der Waals surface area contributed by atoms with Gasteiger partial charge in [0.25, 0.3) is 0 Å². The minimum absolute atomic E-state index is 0.162. The van der Waals surface area contributed by atoms with Crippen molar-refractivity contribution in [3.63, 3.8) is 0 Å². The van der Waals surface area contributed by atoms with Crippen LogP contribution in [0.5, 0.6) is 5.75 Å². The highest BCUT2D eigenvalue weighted by Gasteiger charge is 2.48. The van der Waals surface area contributed by atoms with Gasteiger partial charge in [0.05, 0.1) is 7.11 Å². The van der Waals surface area contributed by atoms with Crippen LogP contribution in [0.3, 0.4) is 0 Å². The smallest absolute Gasteiger partial charge is 0.118 e. The van der Waals surface area contributed by atoms with Crippen LogP contribution in [-0.4, -0.2) is 7.11 Å². The van der Waals surface area contributed by atoms with Crippen molar-refractivity contribution in [2.75, 3.05) is 7.11 Å². The first-order valence-electron chi connectivity index (χ1n) is 11.5. The molecule has 0 N–H and O–H groups in total. The quantitative estimate of drug-likeness (QED) is 0.416. The number of fused-ring (bicyclic) bond motifs is 2. The fourth-order valence-electron chi connectivity index (χ4n) is 5.80. The SMILES string of the molecule is COc1ccc(C2=Cc3ccccc3C2C2(c3ccccc3)C=CC=C3C=C(C)C=C32)cc1. The predicted octanol–water partition coefficient (Wildman–Crippen LogP) is 7.65. The van der Waals surface area contributed by atoms with Gasteiger partial charge in [0.1, 0.15) is 5.75 Å². The Bertz CT molecular complexity index is 1380. The number of hydrogen-bond donors (Lipinski definition) is 0. The summed E-state index contributed by atoms with van der Waals surface area (Å²) in [6.45, 7) is 2.20. The Balaban J connectivity index is 1.63. The number of hydrogen-bond acceptors (Lipinski definition) is 1. The highest BCUT2D eigenvalue weighted by molar-refractivity contribution is 5.94. The van der Waals surface area contributed by atoms with E-state index in [9.17, 15) is 0 Å². The number of ether oxygens (including phenoxy) is 1. The number of methoxy groups -OCH3 is 1. The average molecular weight is 427 g/mol. The molecule has 0 saturated carbocycles. The first-order chi connectivity index (χ1) is 16.2. The third kappa shape index (κ3) is 3.00. The van der Waals surface area contributed by atoms with E-state index >= 15 is 0 Å². The summed E-state index contributed by atoms with van der Waals surface area (Å²) in [5, 5.41) is 0. The molecule has 3 aromatic rings. The van der Waals surface area contributed by atoms with E-state index in [1.54, 1.807) is 7.11 Å². The lowest BCUT2D eigenvalue weighted by Gasteiger charge is -2.43. The van der Waals surface area contributed by atoms with Crippen molar-refractivity contribution in [1.29, 1.82) is 0 Å². The summed E-state index contributed by atoms with van der Waals surface area (Å²) in [6.07, 6.45) is 14.0. The topological polar surface area (TPSA) is 9.23 Å². The van der Waals surface area contributed by atoms with E-state index in [1.165, 1.54) is 44.5 Å². The van der Waals surface area contributed by atoms with Crippen molar-refractivity contribution >= 4 is 11.6 Å². The minimum Gasteiger partial charge on any atom is -0.497 e. The van der Waals surface area contributed by atoms with Crippen molar-refractivity contribution in [3.05, 3.63) is 148 Å². The van der Waals surface area contributed by atoms with Crippen LogP contribution in [0.4, 0.5) is 0 Å². The Morgan fingerprint density at radius 1 is 0.788 bits per heavy atom. The number of allylic oxidation sites excluding steroid dienone is 9. The van der Waals surface area contributed by atoms with Crippen LogP contribution in [-0.2, 0) is 5.41 Å². The Hall–Kier alpha value is -3.84. The van der Waals surface area contributed by atoms with Gasteiger partial charge in [-0.1, -0.05) is 109 Å². The van der Waals surface area contributed by atoms with Gasteiger partial charge in [-0.3, -0.25) is 0 Å². The zero-order chi connectivity index (χ0) is 22.4. The van der Waals surface area contributed by atoms with Gasteiger partial charge in [0.15, 0.2) is 0 Å². The van der Waals surface area contributed by atoms with Crippen molar-refractivity contribution in [1.82, 2.24) is 0 Å². The Labute approximate surface area is 195 Å². The van der Waals surface area contributed by atoms with E-state index in [0.29, 0.717) is 0 Å². The van der Waals surface area contributed by atoms with Crippen LogP contribution in [0, 0.1) is 0 Å². The molecular formula is C32H26O. The largest absolute Gasteiger partial charge is 0.497 e. The van der Waals surface area contributed by atoms with E-state index in [-0.39, 0.29) is 11.3 Å². The molecule has 0 spiro atoms. The fourth-order valence-corrected chi connectivity index (χ4v) is 5.80. The molecule has 0 amide bonds. The second-order valence-corrected chi connectivity index (χ2v) is 9.05. The lowest BCUT2D eigenvalue weighted by atomic mass is 9.59. The highest BCUT2D eigenvalue weighted by atomic mass is 16.5. The van der Waals surface area contributed by atoms with Gasteiger partial charge in [-0.25, -0.2) is 0 Å². The molecule has 0 radical (unpaired) electrons. The molecule has 0 aliphatic heterocycles. The van der Waals surface area contributed by atoms with Crippen LogP contribution in [0.1, 0.15) is 35.1 Å². The molecule has 6 rings (SSSR count). The van der Waals surface area contributed by atoms with Gasteiger partial charge in [-0.05, 0) is 58.0 Å². The molecule has 0 aromatic heterocycles. The zero-order valence-corrected chi connectivity index (χ0v) is 19.0. The average Bonchev–Trinajstić information content (AvgIpc) is 3.45. The first-order valence-corrected chi connectivity index (χ1v) is 11.5. The summed E-state index contributed by atoms with van der Waals surface area (Å²) < 4.78 is 5.44. The molecule has 1 heteroatoms. The standard InChI is InChI=1S/C32H26O/c1-22-19-25-10-8-18-32(30(25)20-22,26-11-4-3-5-12-26)31-28-13-7-6-9-24(28)21-29(31)23-14-16-27(33-2)17-15-23/h3-21,31H,1-2H3. The molecular weight excluding hydrogens is 400 g/mol. The lowest BCUT2D eigenvalue weighted by molar-refractivity contribution is 0.415. The molecule has 3 aromatic carbocycles. The third-order valence-electron chi connectivity index (χ3n) is 7.21. The molecule has 0 fully saturated rings. The minimum atomic E-state index is -0.294. The van der Waals surface area contributed by atoms with Crippen molar-refractivity contribution in [3.8, 4) is 5.75 Å². The first kappa shape index (κ1) is 19.8. The summed E-state index contributed by atoms with van der Waals surface area (Å²) in [6, 6.07) is 28.4. The van der Waals surface area contributed by atoms with Gasteiger partial charge in [0.2, 0.25) is 0 Å². The number of benzene rings is 3. The Morgan fingerprint density at radius 2 is 1.55 bits per heavy atom. The molecule has 33 heavy (non-hydrogen) atoms. The predicted molar refractivity (Wildman–Crippen MR) is 137 cm³/mol. The van der Waals surface area contributed by atoms with Crippen molar-refractivity contribution in [2.24, 2.45) is 0 Å². The number of rotatable bonds is 4. The fraction of sp³-hybridized carbons (Fsp3) is 0.125. The third-order valence-corrected chi connectivity index (χ3v) is 7.21. The van der Waals surface area contributed by atoms with Crippen LogP contribution in [0.2, 0.25) is 0 Å². The monoisotopic (exact) mass is 426 g/mol. The summed E-state index contributed by atoms with van der Waals surface area (Å²) in [4.78, 5) is 0. The zero-order valence-electron chi connectivity index (χ0n) is 19.0. The molecule has 0 bridgehead atoms. The maximum Gasteiger partial charge on any atom is 0.118 e. The molecule has 3 aliphatic rings. The van der Waals surface area contributed by atoms with Crippen molar-refractivity contribution in [2.45, 2.75) is 18.3 Å². The second kappa shape index (κ2) is 7.64. The summed E-state index contributed by atoms with van der Waals surface area (Å²) in [5.74, 6) is 1.04. The van der Waals surface area contributed by atoms with Crippen LogP contribution in [0.25, 0.3) is 11.6 Å². The molecule has 1 nitrogen and oxygen atoms in total. The van der Waals surface area contributed by atoms with Gasteiger partial charge in [-0.2, -0.15) is 0 Å². The normalized spacial score (nSPS) is 22.7. The van der Waals surface area contributed by atoms with E-state index in [4.69, 9.17) is 4.74 Å². The van der Waals surface area contributed by atoms with E-state index < -0.39 is 0 Å². The molecule has 160 valence electrons. The van der Waals surface area contributed by atoms with Gasteiger partial charge in [-0.15, -0.1) is 0 Å². The molecule has 0 heterocycles. The molecule has 2 unspecified atom stereocenters. The van der Waals surface area contributed by atoms with Gasteiger partial charge < -0.3 is 4.74 Å². The Morgan fingerprint density at radius 3 is 2.33 bits per heavy atom. The summed E-state index contributed by atoms with van der Waals surface area (Å²) in [7, 11) is 1.72. The Kier molecular flexibility index (Phi) is 4.58. The second-order valence-electron chi connectivity index (χ2n) is 9.05. The van der Waals surface area contributed by atoms with Crippen molar-refractivity contribution < 1.29 is 4.74 Å². The van der Waals surface area contributed by atoms with E-state index in [0.717, 1.165) is 5.75 Å². The summed E-state index contributed by atoms with van der Waals surface area (Å²) in [5.41, 5.74) is 10.3. The molecule has 3 aliphatic carbocycles. The van der Waals surface area contributed by atoms with Crippen LogP contribution in [0.15, 0.2) is 126 Å². The van der Waals surface area contributed by atoms with Crippen LogP contribution < -0.4 is 4.74 Å². The maximum absolute atomic E-state index is 5.44. The van der Waals surface area contributed by atoms with Crippen LogP contribution >= 0.6 is 0 Å². The highest BCUT2D eigenvalue weighted by Crippen LogP contribution is 2.59. The van der Waals surface area contributed by atoms with Gasteiger partial charge in [0, 0.05) is 11.3 Å². The van der Waals surface area contributed by atoms with Gasteiger partial charge >= 0.3 is 0 Å². The van der Waals surface area contributed by atoms with E-state index in [1.807, 2.05) is 0 Å². The molecule has 2 atom stereocenters. The van der Waals surface area contributed by atoms with E-state index in [2.05, 4.69) is 122 Å². The molecule has 0 saturated heterocycles. The summed E-state index contributed by atoms with van der Waals surface area (Å²) >= 11 is 0.